The van der Waals surface area contributed by atoms with E-state index in [0.29, 0.717) is 0 Å². The van der Waals surface area contributed by atoms with Crippen LogP contribution < -0.4 is 21.4 Å². The lowest BCUT2D eigenvalue weighted by Gasteiger charge is -2.00. The molecule has 0 aliphatic rings. The first-order valence-electron chi connectivity index (χ1n) is 6.54. The van der Waals surface area contributed by atoms with Gasteiger partial charge < -0.3 is 17.0 Å². The second-order valence-electron chi connectivity index (χ2n) is 4.63. The van der Waals surface area contributed by atoms with Crippen LogP contribution in [0, 0.1) is 0 Å². The molecule has 104 valence electrons. The maximum Gasteiger partial charge on any atom is 0.291 e. The van der Waals surface area contributed by atoms with Gasteiger partial charge in [-0.05, 0) is 29.6 Å². The summed E-state index contributed by atoms with van der Waals surface area (Å²) in [5.74, 6) is 0. The molecule has 0 aliphatic heterocycles. The number of imidazole rings is 1. The molecular weight excluding hydrogens is 344 g/mol. The fourth-order valence-electron chi connectivity index (χ4n) is 2.51. The van der Waals surface area contributed by atoms with E-state index in [0.717, 1.165) is 0 Å². The van der Waals surface area contributed by atoms with Crippen molar-refractivity contribution in [1.29, 1.82) is 0 Å². The first-order valence-corrected chi connectivity index (χ1v) is 7.42. The second-order valence-corrected chi connectivity index (χ2v) is 5.58. The number of hydrogen-bond donors (Lipinski definition) is 0. The third kappa shape index (κ3) is 2.41. The van der Waals surface area contributed by atoms with Gasteiger partial charge in [0.05, 0.1) is 11.1 Å². The van der Waals surface area contributed by atoms with Crippen LogP contribution in [-0.4, -0.2) is 4.57 Å². The average molecular weight is 357 g/mol. The molecular formula is C17H13BrN2S. The summed E-state index contributed by atoms with van der Waals surface area (Å²) in [6.07, 6.45) is 4.28. The lowest BCUT2D eigenvalue weighted by Crippen LogP contribution is -3.00. The van der Waals surface area contributed by atoms with Gasteiger partial charge in [-0.1, -0.05) is 30.3 Å². The van der Waals surface area contributed by atoms with E-state index >= 15 is 0 Å². The molecule has 0 aliphatic carbocycles. The van der Waals surface area contributed by atoms with Gasteiger partial charge in [0, 0.05) is 6.07 Å². The fourth-order valence-corrected chi connectivity index (χ4v) is 3.23. The van der Waals surface area contributed by atoms with Crippen molar-refractivity contribution in [2.45, 2.75) is 0 Å². The summed E-state index contributed by atoms with van der Waals surface area (Å²) in [6, 6.07) is 21.0. The fraction of sp³-hybridized carbons (Fsp3) is 0. The number of pyridine rings is 1. The molecule has 3 aromatic heterocycles. The van der Waals surface area contributed by atoms with E-state index in [1.54, 1.807) is 11.3 Å². The number of nitrogens with zero attached hydrogens (tertiary/aromatic N) is 2. The maximum atomic E-state index is 2.30. The third-order valence-corrected chi connectivity index (χ3v) is 4.28. The standard InChI is InChI=1S/C17H13N2S.BrH/c1-2-7-14(8-3-1)19-15(16-9-6-12-20-16)13-18-11-5-4-10-17(18)19;/h1-13H;1H/q+1;/p-1. The molecule has 21 heavy (non-hydrogen) atoms. The SMILES string of the molecule is [Br-].c1ccc(-n2c(-c3cccs3)c[n+]3ccccc23)cc1. The van der Waals surface area contributed by atoms with E-state index in [4.69, 9.17) is 0 Å². The van der Waals surface area contributed by atoms with E-state index in [1.165, 1.54) is 21.9 Å². The molecule has 2 nitrogen and oxygen atoms in total. The van der Waals surface area contributed by atoms with E-state index < -0.39 is 0 Å². The molecule has 0 radical (unpaired) electrons. The predicted octanol–water partition coefficient (Wildman–Crippen LogP) is 0.949. The molecule has 0 unspecified atom stereocenters. The summed E-state index contributed by atoms with van der Waals surface area (Å²) in [7, 11) is 0. The number of aromatic nitrogens is 2. The van der Waals surface area contributed by atoms with Crippen molar-refractivity contribution < 1.29 is 21.4 Å². The average Bonchev–Trinajstić information content (AvgIpc) is 3.15. The minimum Gasteiger partial charge on any atom is -1.00 e. The van der Waals surface area contributed by atoms with E-state index in [1.807, 2.05) is 6.07 Å². The smallest absolute Gasteiger partial charge is 0.291 e. The highest BCUT2D eigenvalue weighted by Gasteiger charge is 2.20. The second kappa shape index (κ2) is 5.84. The van der Waals surface area contributed by atoms with Crippen molar-refractivity contribution in [1.82, 2.24) is 4.57 Å². The minimum atomic E-state index is 0. The van der Waals surface area contributed by atoms with Gasteiger partial charge in [0.25, 0.3) is 5.65 Å². The van der Waals surface area contributed by atoms with Gasteiger partial charge in [-0.25, -0.2) is 4.40 Å². The highest BCUT2D eigenvalue weighted by atomic mass is 79.9. The number of thiophene rings is 1. The molecule has 0 atom stereocenters. The summed E-state index contributed by atoms with van der Waals surface area (Å²) >= 11 is 1.77. The first-order chi connectivity index (χ1) is 9.93. The Balaban J connectivity index is 0.00000132. The van der Waals surface area contributed by atoms with Crippen LogP contribution in [0.1, 0.15) is 0 Å². The number of fused-ring (bicyclic) bond motifs is 1. The first kappa shape index (κ1) is 14.0. The molecule has 1 aromatic carbocycles. The maximum absolute atomic E-state index is 2.30. The summed E-state index contributed by atoms with van der Waals surface area (Å²) in [6.45, 7) is 0. The van der Waals surface area contributed by atoms with Crippen molar-refractivity contribution >= 4 is 17.0 Å². The van der Waals surface area contributed by atoms with E-state index in [2.05, 4.69) is 81.3 Å². The Morgan fingerprint density at radius 2 is 1.67 bits per heavy atom. The molecule has 0 fully saturated rings. The van der Waals surface area contributed by atoms with E-state index in [-0.39, 0.29) is 17.0 Å². The minimum absolute atomic E-state index is 0. The Morgan fingerprint density at radius 3 is 2.43 bits per heavy atom. The number of para-hydroxylation sites is 1. The molecule has 0 amide bonds. The van der Waals surface area contributed by atoms with Gasteiger partial charge in [-0.15, -0.1) is 11.3 Å². The van der Waals surface area contributed by atoms with Crippen molar-refractivity contribution in [3.05, 3.63) is 78.4 Å². The van der Waals surface area contributed by atoms with Crippen LogP contribution in [0.25, 0.3) is 21.9 Å². The van der Waals surface area contributed by atoms with Gasteiger partial charge >= 0.3 is 0 Å². The van der Waals surface area contributed by atoms with Gasteiger partial charge in [-0.2, -0.15) is 4.57 Å². The topological polar surface area (TPSA) is 9.03 Å². The lowest BCUT2D eigenvalue weighted by molar-refractivity contribution is -0.510. The normalized spacial score (nSPS) is 10.5. The van der Waals surface area contributed by atoms with Gasteiger partial charge in [0.2, 0.25) is 0 Å². The van der Waals surface area contributed by atoms with Crippen LogP contribution in [0.2, 0.25) is 0 Å². The van der Waals surface area contributed by atoms with Crippen molar-refractivity contribution in [3.63, 3.8) is 0 Å². The highest BCUT2D eigenvalue weighted by Crippen LogP contribution is 2.28. The summed E-state index contributed by atoms with van der Waals surface area (Å²) in [5.41, 5.74) is 3.57. The lowest BCUT2D eigenvalue weighted by atomic mass is 10.3. The zero-order chi connectivity index (χ0) is 13.4. The number of benzene rings is 1. The van der Waals surface area contributed by atoms with Crippen molar-refractivity contribution in [3.8, 4) is 16.3 Å². The summed E-state index contributed by atoms with van der Waals surface area (Å²) in [4.78, 5) is 1.28. The van der Waals surface area contributed by atoms with Crippen LogP contribution >= 0.6 is 11.3 Å². The molecule has 0 saturated heterocycles. The molecule has 3 heterocycles. The van der Waals surface area contributed by atoms with Crippen LogP contribution in [0.4, 0.5) is 0 Å². The Hall–Kier alpha value is -1.91. The van der Waals surface area contributed by atoms with Crippen LogP contribution in [-0.2, 0) is 0 Å². The Morgan fingerprint density at radius 1 is 0.857 bits per heavy atom. The highest BCUT2D eigenvalue weighted by molar-refractivity contribution is 7.13. The Labute approximate surface area is 137 Å². The van der Waals surface area contributed by atoms with Crippen LogP contribution in [0.5, 0.6) is 0 Å². The predicted molar refractivity (Wildman–Crippen MR) is 82.2 cm³/mol. The third-order valence-electron chi connectivity index (χ3n) is 3.39. The monoisotopic (exact) mass is 356 g/mol. The zero-order valence-electron chi connectivity index (χ0n) is 11.2. The van der Waals surface area contributed by atoms with Gasteiger partial charge in [0.1, 0.15) is 11.9 Å². The van der Waals surface area contributed by atoms with Gasteiger partial charge in [0.15, 0.2) is 5.69 Å². The van der Waals surface area contributed by atoms with Crippen molar-refractivity contribution in [2.24, 2.45) is 0 Å². The van der Waals surface area contributed by atoms with Crippen LogP contribution in [0.3, 0.4) is 0 Å². The zero-order valence-corrected chi connectivity index (χ0v) is 13.6. The summed E-state index contributed by atoms with van der Waals surface area (Å²) in [5, 5.41) is 2.12. The number of hydrogen-bond acceptors (Lipinski definition) is 1. The molecule has 0 N–H and O–H groups in total. The molecule has 4 rings (SSSR count). The number of halogens is 1. The van der Waals surface area contributed by atoms with E-state index in [9.17, 15) is 0 Å². The molecule has 0 bridgehead atoms. The van der Waals surface area contributed by atoms with Crippen molar-refractivity contribution in [2.75, 3.05) is 0 Å². The van der Waals surface area contributed by atoms with Gasteiger partial charge in [-0.3, -0.25) is 0 Å². The van der Waals surface area contributed by atoms with Crippen LogP contribution in [0.15, 0.2) is 78.4 Å². The Kier molecular flexibility index (Phi) is 3.90. The Bertz CT molecular complexity index is 851. The number of rotatable bonds is 2. The quantitative estimate of drug-likeness (QED) is 0.473. The largest absolute Gasteiger partial charge is 1.00 e. The molecule has 0 spiro atoms. The molecule has 4 aromatic rings. The molecule has 0 saturated carbocycles. The summed E-state index contributed by atoms with van der Waals surface area (Å²) < 4.78 is 4.47. The molecule has 4 heteroatoms.